The molecule has 1 heterocycles. The largest absolute Gasteiger partial charge is 0.478 e. The van der Waals surface area contributed by atoms with Crippen molar-refractivity contribution in [3.05, 3.63) is 83.9 Å². The van der Waals surface area contributed by atoms with E-state index in [-0.39, 0.29) is 16.2 Å². The molecule has 9 nitrogen and oxygen atoms in total. The number of sulfonamides is 1. The molecule has 1 atom stereocenters. The van der Waals surface area contributed by atoms with Crippen LogP contribution in [0.25, 0.3) is 11.0 Å². The maximum absolute atomic E-state index is 13.0. The first-order chi connectivity index (χ1) is 15.3. The van der Waals surface area contributed by atoms with E-state index in [0.717, 1.165) is 11.7 Å². The molecule has 32 heavy (non-hydrogen) atoms. The summed E-state index contributed by atoms with van der Waals surface area (Å²) in [6, 6.07) is 17.7. The van der Waals surface area contributed by atoms with Gasteiger partial charge in [-0.05, 0) is 48.5 Å². The van der Waals surface area contributed by atoms with Gasteiger partial charge in [0, 0.05) is 5.56 Å². The van der Waals surface area contributed by atoms with E-state index in [1.165, 1.54) is 36.4 Å². The van der Waals surface area contributed by atoms with E-state index in [0.29, 0.717) is 16.6 Å². The molecule has 0 saturated carbocycles. The molecule has 4 aromatic rings. The van der Waals surface area contributed by atoms with Crippen LogP contribution in [0.3, 0.4) is 0 Å². The SMILES string of the molecule is O=C(O)c1ccc(OC(C(=O)NS(=O)(=O)c2ccccc2)c2ccc3nsnc3c2)cc1. The molecule has 0 spiro atoms. The van der Waals surface area contributed by atoms with Crippen LogP contribution >= 0.6 is 11.7 Å². The topological polar surface area (TPSA) is 136 Å². The first kappa shape index (κ1) is 21.4. The number of carbonyl (C=O) groups is 2. The number of aromatic nitrogens is 2. The van der Waals surface area contributed by atoms with Crippen LogP contribution in [-0.4, -0.2) is 34.1 Å². The Kier molecular flexibility index (Phi) is 5.84. The van der Waals surface area contributed by atoms with Crippen LogP contribution in [0.2, 0.25) is 0 Å². The average Bonchev–Trinajstić information content (AvgIpc) is 3.26. The summed E-state index contributed by atoms with van der Waals surface area (Å²) in [6.45, 7) is 0. The van der Waals surface area contributed by atoms with Crippen molar-refractivity contribution in [3.63, 3.8) is 0 Å². The highest BCUT2D eigenvalue weighted by atomic mass is 32.2. The Hall–Kier alpha value is -3.83. The van der Waals surface area contributed by atoms with Crippen molar-refractivity contribution in [2.45, 2.75) is 11.0 Å². The van der Waals surface area contributed by atoms with Crippen molar-refractivity contribution >= 4 is 44.7 Å². The smallest absolute Gasteiger partial charge is 0.335 e. The number of fused-ring (bicyclic) bond motifs is 1. The van der Waals surface area contributed by atoms with Crippen LogP contribution in [0.1, 0.15) is 22.0 Å². The summed E-state index contributed by atoms with van der Waals surface area (Å²) in [4.78, 5) is 24.0. The Morgan fingerprint density at radius 2 is 1.62 bits per heavy atom. The standard InChI is InChI=1S/C21H15N3O6S2/c25-20(24-32(28,29)16-4-2-1-3-5-16)19(14-8-11-17-18(12-14)23-31-22-17)30-15-9-6-13(7-10-15)21(26)27/h1-12,19H,(H,24,25)(H,26,27). The zero-order valence-corrected chi connectivity index (χ0v) is 17.8. The van der Waals surface area contributed by atoms with Crippen molar-refractivity contribution in [2.24, 2.45) is 0 Å². The van der Waals surface area contributed by atoms with Crippen LogP contribution in [0.5, 0.6) is 5.75 Å². The predicted octanol–water partition coefficient (Wildman–Crippen LogP) is 3.01. The molecule has 1 amide bonds. The van der Waals surface area contributed by atoms with Crippen LogP contribution < -0.4 is 9.46 Å². The first-order valence-electron chi connectivity index (χ1n) is 9.17. The number of benzene rings is 3. The number of amides is 1. The molecule has 0 saturated heterocycles. The Labute approximate surface area is 186 Å². The van der Waals surface area contributed by atoms with Gasteiger partial charge in [-0.3, -0.25) is 4.79 Å². The Morgan fingerprint density at radius 1 is 0.938 bits per heavy atom. The molecular weight excluding hydrogens is 454 g/mol. The third-order valence-corrected chi connectivity index (χ3v) is 6.38. The quantitative estimate of drug-likeness (QED) is 0.422. The first-order valence-corrected chi connectivity index (χ1v) is 11.4. The monoisotopic (exact) mass is 469 g/mol. The van der Waals surface area contributed by atoms with Gasteiger partial charge in [0.25, 0.3) is 15.9 Å². The molecule has 0 bridgehead atoms. The highest BCUT2D eigenvalue weighted by molar-refractivity contribution is 7.90. The minimum atomic E-state index is -4.14. The number of carbonyl (C=O) groups excluding carboxylic acids is 1. The zero-order chi connectivity index (χ0) is 22.7. The lowest BCUT2D eigenvalue weighted by Gasteiger charge is -2.19. The molecule has 162 valence electrons. The van der Waals surface area contributed by atoms with E-state index in [1.54, 1.807) is 36.4 Å². The molecule has 3 aromatic carbocycles. The van der Waals surface area contributed by atoms with Gasteiger partial charge in [0.05, 0.1) is 22.2 Å². The lowest BCUT2D eigenvalue weighted by molar-refractivity contribution is -0.126. The van der Waals surface area contributed by atoms with Gasteiger partial charge in [0.15, 0.2) is 0 Å². The summed E-state index contributed by atoms with van der Waals surface area (Å²) in [5, 5.41) is 9.06. The molecule has 2 N–H and O–H groups in total. The summed E-state index contributed by atoms with van der Waals surface area (Å²) in [7, 11) is -4.14. The Balaban J connectivity index is 1.67. The number of nitrogens with one attached hydrogen (secondary N) is 1. The molecule has 11 heteroatoms. The number of carboxylic acid groups (broad SMARTS) is 1. The van der Waals surface area contributed by atoms with E-state index < -0.39 is 28.0 Å². The third kappa shape index (κ3) is 4.58. The Bertz CT molecular complexity index is 1390. The van der Waals surface area contributed by atoms with Gasteiger partial charge in [-0.2, -0.15) is 8.75 Å². The molecule has 4 rings (SSSR count). The fourth-order valence-corrected chi connectivity index (χ4v) is 4.41. The van der Waals surface area contributed by atoms with Gasteiger partial charge >= 0.3 is 5.97 Å². The maximum atomic E-state index is 13.0. The number of hydrogen-bond donors (Lipinski definition) is 2. The van der Waals surface area contributed by atoms with Gasteiger partial charge in [0.1, 0.15) is 16.8 Å². The fraction of sp³-hybridized carbons (Fsp3) is 0.0476. The average molecular weight is 470 g/mol. The number of rotatable bonds is 7. The van der Waals surface area contributed by atoms with Crippen molar-refractivity contribution in [1.29, 1.82) is 0 Å². The third-order valence-electron chi connectivity index (χ3n) is 4.46. The lowest BCUT2D eigenvalue weighted by atomic mass is 10.1. The molecule has 0 aliphatic rings. The van der Waals surface area contributed by atoms with E-state index in [1.807, 2.05) is 4.72 Å². The second-order valence-corrected chi connectivity index (χ2v) is 8.83. The van der Waals surface area contributed by atoms with Crippen molar-refractivity contribution < 1.29 is 27.9 Å². The number of aromatic carboxylic acids is 1. The summed E-state index contributed by atoms with van der Waals surface area (Å²) < 4.78 is 41.4. The van der Waals surface area contributed by atoms with Crippen LogP contribution in [0, 0.1) is 0 Å². The maximum Gasteiger partial charge on any atom is 0.335 e. The molecule has 1 aromatic heterocycles. The minimum Gasteiger partial charge on any atom is -0.478 e. The van der Waals surface area contributed by atoms with Crippen molar-refractivity contribution in [2.75, 3.05) is 0 Å². The summed E-state index contributed by atoms with van der Waals surface area (Å²) >= 11 is 1.00. The molecule has 0 aliphatic heterocycles. The summed E-state index contributed by atoms with van der Waals surface area (Å²) in [5.41, 5.74) is 1.55. The van der Waals surface area contributed by atoms with Crippen molar-refractivity contribution in [3.8, 4) is 5.75 Å². The van der Waals surface area contributed by atoms with Crippen LogP contribution in [0.4, 0.5) is 0 Å². The molecular formula is C21H15N3O6S2. The molecule has 0 aliphatic carbocycles. The lowest BCUT2D eigenvalue weighted by Crippen LogP contribution is -2.36. The second kappa shape index (κ2) is 8.73. The van der Waals surface area contributed by atoms with E-state index in [2.05, 4.69) is 8.75 Å². The van der Waals surface area contributed by atoms with E-state index >= 15 is 0 Å². The Morgan fingerprint density at radius 3 is 2.31 bits per heavy atom. The van der Waals surface area contributed by atoms with Gasteiger partial charge in [-0.1, -0.05) is 24.3 Å². The molecule has 1 unspecified atom stereocenters. The number of carboxylic acids is 1. The molecule has 0 fully saturated rings. The summed E-state index contributed by atoms with van der Waals surface area (Å²) in [6.07, 6.45) is -1.35. The van der Waals surface area contributed by atoms with Gasteiger partial charge in [-0.25, -0.2) is 17.9 Å². The molecule has 0 radical (unpaired) electrons. The number of hydrogen-bond acceptors (Lipinski definition) is 8. The van der Waals surface area contributed by atoms with Gasteiger partial charge in [-0.15, -0.1) is 0 Å². The summed E-state index contributed by atoms with van der Waals surface area (Å²) in [5.74, 6) is -1.84. The van der Waals surface area contributed by atoms with Crippen LogP contribution in [-0.2, 0) is 14.8 Å². The number of nitrogens with zero attached hydrogens (tertiary/aromatic N) is 2. The van der Waals surface area contributed by atoms with E-state index in [9.17, 15) is 18.0 Å². The highest BCUT2D eigenvalue weighted by Gasteiger charge is 2.28. The normalized spacial score (nSPS) is 12.2. The zero-order valence-electron chi connectivity index (χ0n) is 16.2. The fourth-order valence-electron chi connectivity index (χ4n) is 2.89. The van der Waals surface area contributed by atoms with Crippen molar-refractivity contribution in [1.82, 2.24) is 13.5 Å². The van der Waals surface area contributed by atoms with Gasteiger partial charge < -0.3 is 9.84 Å². The van der Waals surface area contributed by atoms with E-state index in [4.69, 9.17) is 9.84 Å². The second-order valence-electron chi connectivity index (χ2n) is 6.62. The predicted molar refractivity (Wildman–Crippen MR) is 116 cm³/mol. The highest BCUT2D eigenvalue weighted by Crippen LogP contribution is 2.26. The van der Waals surface area contributed by atoms with Gasteiger partial charge in [0.2, 0.25) is 6.10 Å². The minimum absolute atomic E-state index is 0.0416. The van der Waals surface area contributed by atoms with Crippen LogP contribution in [0.15, 0.2) is 77.7 Å². The number of ether oxygens (including phenoxy) is 1.